The molecule has 1 amide bonds. The van der Waals surface area contributed by atoms with Crippen LogP contribution in [-0.2, 0) is 18.1 Å². The van der Waals surface area contributed by atoms with E-state index in [9.17, 15) is 41.3 Å². The maximum absolute atomic E-state index is 13.3. The Morgan fingerprint density at radius 3 is 2.12 bits per heavy atom. The summed E-state index contributed by atoms with van der Waals surface area (Å²) < 4.78 is 81.3. The van der Waals surface area contributed by atoms with Crippen molar-refractivity contribution in [2.45, 2.75) is 43.2 Å². The fourth-order valence-corrected chi connectivity index (χ4v) is 5.00. The van der Waals surface area contributed by atoms with E-state index in [4.69, 9.17) is 0 Å². The summed E-state index contributed by atoms with van der Waals surface area (Å²) in [6.07, 6.45) is -10.2. The molecule has 4 rings (SSSR count). The van der Waals surface area contributed by atoms with E-state index < -0.39 is 45.9 Å². The quantitative estimate of drug-likeness (QED) is 0.0973. The van der Waals surface area contributed by atoms with Crippen molar-refractivity contribution >= 4 is 23.4 Å². The number of nitro benzene ring substituents is 1. The van der Waals surface area contributed by atoms with Crippen LogP contribution in [0.3, 0.4) is 0 Å². The van der Waals surface area contributed by atoms with Gasteiger partial charge in [0.05, 0.1) is 22.1 Å². The van der Waals surface area contributed by atoms with Crippen LogP contribution in [0.2, 0.25) is 0 Å². The van der Waals surface area contributed by atoms with Gasteiger partial charge in [-0.1, -0.05) is 36.0 Å². The fraction of sp³-hybridized carbons (Fsp3) is 0.222. The molecular weight excluding hydrogens is 588 g/mol. The smallest absolute Gasteiger partial charge is 0.342 e. The van der Waals surface area contributed by atoms with E-state index in [1.807, 2.05) is 31.2 Å². The summed E-state index contributed by atoms with van der Waals surface area (Å²) in [5, 5.41) is 22.2. The number of carbonyl (C=O) groups excluding carboxylic acids is 1. The van der Waals surface area contributed by atoms with Crippen molar-refractivity contribution in [2.75, 3.05) is 0 Å². The minimum atomic E-state index is -5.12. The number of nitro groups is 1. The number of thioether (sulfide) groups is 1. The normalized spacial score (nSPS) is 12.7. The molecule has 1 heterocycles. The van der Waals surface area contributed by atoms with Crippen LogP contribution in [0.4, 0.5) is 32.0 Å². The van der Waals surface area contributed by atoms with E-state index in [0.29, 0.717) is 28.7 Å². The number of nitrogens with one attached hydrogen (secondary N) is 1. The van der Waals surface area contributed by atoms with Crippen LogP contribution in [0.5, 0.6) is 0 Å². The molecule has 1 unspecified atom stereocenters. The fourth-order valence-electron chi connectivity index (χ4n) is 3.97. The summed E-state index contributed by atoms with van der Waals surface area (Å²) in [6.45, 7) is 3.36. The van der Waals surface area contributed by atoms with E-state index in [1.54, 1.807) is 0 Å². The third kappa shape index (κ3) is 6.90. The van der Waals surface area contributed by atoms with Gasteiger partial charge in [0, 0.05) is 29.1 Å². The van der Waals surface area contributed by atoms with Gasteiger partial charge in [0.25, 0.3) is 11.6 Å². The van der Waals surface area contributed by atoms with Crippen LogP contribution in [0.1, 0.15) is 51.4 Å². The first-order valence-electron chi connectivity index (χ1n) is 12.1. The predicted octanol–water partition coefficient (Wildman–Crippen LogP) is 7.30. The standard InChI is InChI=1S/C27H21F6N5O3S/c1-15-5-3-4-6-17(15)14-42-25-36-35-23(37(25)21-7-9-22(10-8-21)38(40)41)16(2)34-24(39)18-11-19(26(28,29)30)13-20(12-18)27(31,32)33/h3-13,16H,14H2,1-2H3,(H,34,39). The summed E-state index contributed by atoms with van der Waals surface area (Å²) >= 11 is 1.28. The Bertz CT molecular complexity index is 1590. The lowest BCUT2D eigenvalue weighted by atomic mass is 10.0. The second kappa shape index (κ2) is 11.8. The Morgan fingerprint density at radius 1 is 0.976 bits per heavy atom. The lowest BCUT2D eigenvalue weighted by Gasteiger charge is -2.18. The number of carbonyl (C=O) groups is 1. The second-order valence-corrected chi connectivity index (χ2v) is 10.1. The summed E-state index contributed by atoms with van der Waals surface area (Å²) in [7, 11) is 0. The van der Waals surface area contributed by atoms with Gasteiger partial charge in [0.1, 0.15) is 0 Å². The number of hydrogen-bond donors (Lipinski definition) is 1. The summed E-state index contributed by atoms with van der Waals surface area (Å²) in [6, 6.07) is 12.5. The highest BCUT2D eigenvalue weighted by Gasteiger charge is 2.37. The maximum Gasteiger partial charge on any atom is 0.416 e. The lowest BCUT2D eigenvalue weighted by Crippen LogP contribution is -2.29. The zero-order chi connectivity index (χ0) is 30.8. The average molecular weight is 610 g/mol. The van der Waals surface area contributed by atoms with Crippen molar-refractivity contribution < 1.29 is 36.1 Å². The first-order chi connectivity index (χ1) is 19.6. The largest absolute Gasteiger partial charge is 0.416 e. The zero-order valence-electron chi connectivity index (χ0n) is 21.8. The molecule has 1 aromatic heterocycles. The van der Waals surface area contributed by atoms with Crippen molar-refractivity contribution in [1.29, 1.82) is 0 Å². The maximum atomic E-state index is 13.3. The molecule has 0 aliphatic heterocycles. The monoisotopic (exact) mass is 609 g/mol. The molecule has 15 heteroatoms. The Labute approximate surface area is 238 Å². The zero-order valence-corrected chi connectivity index (χ0v) is 22.6. The molecule has 8 nitrogen and oxygen atoms in total. The van der Waals surface area contributed by atoms with Crippen molar-refractivity contribution in [1.82, 2.24) is 20.1 Å². The summed E-state index contributed by atoms with van der Waals surface area (Å²) in [4.78, 5) is 23.5. The highest BCUT2D eigenvalue weighted by Crippen LogP contribution is 2.36. The molecule has 0 bridgehead atoms. The van der Waals surface area contributed by atoms with Gasteiger partial charge in [-0.25, -0.2) is 0 Å². The Hall–Kier alpha value is -4.40. The number of benzene rings is 3. The molecule has 0 spiro atoms. The average Bonchev–Trinajstić information content (AvgIpc) is 3.35. The number of rotatable bonds is 8. The van der Waals surface area contributed by atoms with Crippen LogP contribution >= 0.6 is 11.8 Å². The van der Waals surface area contributed by atoms with E-state index in [2.05, 4.69) is 15.5 Å². The number of non-ortho nitro benzene ring substituents is 1. The van der Waals surface area contributed by atoms with Crippen LogP contribution in [0.15, 0.2) is 71.9 Å². The van der Waals surface area contributed by atoms with Crippen LogP contribution in [-0.4, -0.2) is 25.6 Å². The number of amides is 1. The highest BCUT2D eigenvalue weighted by molar-refractivity contribution is 7.98. The molecule has 0 saturated heterocycles. The minimum absolute atomic E-state index is 0.0661. The Morgan fingerprint density at radius 2 is 1.57 bits per heavy atom. The first-order valence-corrected chi connectivity index (χ1v) is 13.1. The second-order valence-electron chi connectivity index (χ2n) is 9.15. The minimum Gasteiger partial charge on any atom is -0.342 e. The van der Waals surface area contributed by atoms with Gasteiger partial charge in [-0.3, -0.25) is 19.5 Å². The van der Waals surface area contributed by atoms with Gasteiger partial charge < -0.3 is 5.32 Å². The number of halogens is 6. The lowest BCUT2D eigenvalue weighted by molar-refractivity contribution is -0.384. The van der Waals surface area contributed by atoms with Crippen molar-refractivity contribution in [3.63, 3.8) is 0 Å². The highest BCUT2D eigenvalue weighted by atomic mass is 32.2. The van der Waals surface area contributed by atoms with Crippen molar-refractivity contribution in [2.24, 2.45) is 0 Å². The third-order valence-electron chi connectivity index (χ3n) is 6.18. The number of nitrogens with zero attached hydrogens (tertiary/aromatic N) is 4. The number of hydrogen-bond acceptors (Lipinski definition) is 6. The molecule has 1 N–H and O–H groups in total. The van der Waals surface area contributed by atoms with Crippen molar-refractivity contribution in [3.8, 4) is 5.69 Å². The van der Waals surface area contributed by atoms with Crippen LogP contribution < -0.4 is 5.32 Å². The molecule has 0 aliphatic carbocycles. The molecule has 4 aromatic rings. The molecule has 0 aliphatic rings. The molecule has 1 atom stereocenters. The molecule has 3 aromatic carbocycles. The van der Waals surface area contributed by atoms with Gasteiger partial charge >= 0.3 is 12.4 Å². The summed E-state index contributed by atoms with van der Waals surface area (Å²) in [5.41, 5.74) is -1.89. The Kier molecular flexibility index (Phi) is 8.61. The topological polar surface area (TPSA) is 103 Å². The van der Waals surface area contributed by atoms with Gasteiger partial charge in [0.15, 0.2) is 11.0 Å². The van der Waals surface area contributed by atoms with Gasteiger partial charge in [-0.2, -0.15) is 26.3 Å². The van der Waals surface area contributed by atoms with Crippen molar-refractivity contribution in [3.05, 3.63) is 110 Å². The van der Waals surface area contributed by atoms with E-state index in [0.717, 1.165) is 11.1 Å². The van der Waals surface area contributed by atoms with E-state index in [1.165, 1.54) is 47.5 Å². The van der Waals surface area contributed by atoms with Crippen LogP contribution in [0.25, 0.3) is 5.69 Å². The van der Waals surface area contributed by atoms with Gasteiger partial charge in [-0.15, -0.1) is 10.2 Å². The SMILES string of the molecule is Cc1ccccc1CSc1nnc(C(C)NC(=O)c2cc(C(F)(F)F)cc(C(F)(F)F)c2)n1-c1ccc([N+](=O)[O-])cc1. The number of aromatic nitrogens is 3. The predicted molar refractivity (Wildman–Crippen MR) is 141 cm³/mol. The number of alkyl halides is 6. The number of aryl methyl sites for hydroxylation is 1. The van der Waals surface area contributed by atoms with Crippen LogP contribution in [0, 0.1) is 17.0 Å². The molecule has 42 heavy (non-hydrogen) atoms. The molecule has 0 fully saturated rings. The molecule has 0 radical (unpaired) electrons. The van der Waals surface area contributed by atoms with E-state index in [-0.39, 0.29) is 17.6 Å². The Balaban J connectivity index is 1.69. The van der Waals surface area contributed by atoms with Gasteiger partial charge in [0.2, 0.25) is 0 Å². The van der Waals surface area contributed by atoms with Gasteiger partial charge in [-0.05, 0) is 55.3 Å². The van der Waals surface area contributed by atoms with E-state index >= 15 is 0 Å². The first kappa shape index (κ1) is 30.6. The molecular formula is C27H21F6N5O3S. The molecule has 220 valence electrons. The molecule has 0 saturated carbocycles. The third-order valence-corrected chi connectivity index (χ3v) is 7.16. The summed E-state index contributed by atoms with van der Waals surface area (Å²) in [5.74, 6) is -0.651.